The fourth-order valence-electron chi connectivity index (χ4n) is 5.44. The molecule has 51 heavy (non-hydrogen) atoms. The van der Waals surface area contributed by atoms with Crippen LogP contribution in [0.1, 0.15) is 78.3 Å². The van der Waals surface area contributed by atoms with Crippen molar-refractivity contribution >= 4 is 57.6 Å². The Morgan fingerprint density at radius 2 is 1.49 bits per heavy atom. The maximum atomic E-state index is 15.0. The zero-order valence-corrected chi connectivity index (χ0v) is 32.1. The number of ether oxygens (including phenoxy) is 1. The molecular formula is C38H49Cl2FN4O5S. The summed E-state index contributed by atoms with van der Waals surface area (Å²) >= 11 is 11.7. The van der Waals surface area contributed by atoms with Crippen molar-refractivity contribution in [1.82, 2.24) is 15.8 Å². The van der Waals surface area contributed by atoms with Gasteiger partial charge in [-0.25, -0.2) is 8.60 Å². The number of rotatable bonds is 10. The molecule has 6 rings (SSSR count). The van der Waals surface area contributed by atoms with E-state index >= 15 is 4.39 Å². The van der Waals surface area contributed by atoms with Gasteiger partial charge in [0.05, 0.1) is 42.6 Å². The second kappa shape index (κ2) is 21.1. The second-order valence-electron chi connectivity index (χ2n) is 11.8. The SMILES string of the molecule is CC.CC.CC(=O)NNC(=O)CC1OCC(c2ccc(Cl)cc2)N(C(CN(c2ccccc2F)S(=O)C2CC2)C2CC2)C1=O.Clc1ccccc1. The molecule has 0 bridgehead atoms. The van der Waals surface area contributed by atoms with E-state index in [2.05, 4.69) is 10.9 Å². The number of benzene rings is 3. The van der Waals surface area contributed by atoms with E-state index in [0.717, 1.165) is 36.3 Å². The summed E-state index contributed by atoms with van der Waals surface area (Å²) < 4.78 is 36.1. The molecule has 3 fully saturated rings. The van der Waals surface area contributed by atoms with Gasteiger partial charge in [0.2, 0.25) is 11.8 Å². The Hall–Kier alpha value is -3.51. The van der Waals surface area contributed by atoms with E-state index in [1.807, 2.05) is 70.2 Å². The Balaban J connectivity index is 0.000000556. The number of nitrogens with zero attached hydrogens (tertiary/aromatic N) is 2. The van der Waals surface area contributed by atoms with Crippen molar-refractivity contribution in [1.29, 1.82) is 0 Å². The molecule has 2 aliphatic carbocycles. The summed E-state index contributed by atoms with van der Waals surface area (Å²) in [6, 6.07) is 22.0. The fraction of sp³-hybridized carbons (Fsp3) is 0.447. The summed E-state index contributed by atoms with van der Waals surface area (Å²) in [7, 11) is -1.47. The first kappa shape index (κ1) is 41.9. The third kappa shape index (κ3) is 12.6. The van der Waals surface area contributed by atoms with Crippen molar-refractivity contribution in [2.45, 2.75) is 90.2 Å². The van der Waals surface area contributed by atoms with Crippen molar-refractivity contribution in [3.05, 3.63) is 100 Å². The Bertz CT molecular complexity index is 1580. The first-order valence-corrected chi connectivity index (χ1v) is 19.4. The highest BCUT2D eigenvalue weighted by Crippen LogP contribution is 2.43. The van der Waals surface area contributed by atoms with Gasteiger partial charge in [0.1, 0.15) is 22.9 Å². The van der Waals surface area contributed by atoms with Gasteiger partial charge >= 0.3 is 0 Å². The number of para-hydroxylation sites is 1. The van der Waals surface area contributed by atoms with Crippen molar-refractivity contribution in [3.8, 4) is 0 Å². The van der Waals surface area contributed by atoms with Crippen LogP contribution in [-0.2, 0) is 30.1 Å². The number of anilines is 1. The lowest BCUT2D eigenvalue weighted by Crippen LogP contribution is -2.58. The Labute approximate surface area is 313 Å². The number of nitrogens with one attached hydrogen (secondary N) is 2. The van der Waals surface area contributed by atoms with E-state index in [-0.39, 0.29) is 42.3 Å². The Morgan fingerprint density at radius 3 is 2.02 bits per heavy atom. The van der Waals surface area contributed by atoms with Crippen LogP contribution in [0.4, 0.5) is 10.1 Å². The second-order valence-corrected chi connectivity index (χ2v) is 14.3. The van der Waals surface area contributed by atoms with Gasteiger partial charge < -0.3 is 9.64 Å². The summed E-state index contributed by atoms with van der Waals surface area (Å²) in [5.41, 5.74) is 5.56. The molecule has 1 aliphatic heterocycles. The summed E-state index contributed by atoms with van der Waals surface area (Å²) in [5.74, 6) is -1.74. The average molecular weight is 764 g/mol. The van der Waals surface area contributed by atoms with E-state index in [1.54, 1.807) is 39.5 Å². The smallest absolute Gasteiger partial charge is 0.253 e. The monoisotopic (exact) mass is 762 g/mol. The van der Waals surface area contributed by atoms with E-state index in [1.165, 1.54) is 13.0 Å². The third-order valence-electron chi connectivity index (χ3n) is 8.08. The first-order chi connectivity index (χ1) is 24.6. The van der Waals surface area contributed by atoms with Gasteiger partial charge in [0.15, 0.2) is 0 Å². The molecular weight excluding hydrogens is 714 g/mol. The number of carbonyl (C=O) groups is 3. The van der Waals surface area contributed by atoms with Crippen LogP contribution in [0.2, 0.25) is 10.0 Å². The topological polar surface area (TPSA) is 108 Å². The quantitative estimate of drug-likeness (QED) is 0.205. The van der Waals surface area contributed by atoms with Gasteiger partial charge in [-0.2, -0.15) is 0 Å². The molecule has 4 unspecified atom stereocenters. The maximum absolute atomic E-state index is 15.0. The molecule has 2 N–H and O–H groups in total. The number of hydrogen-bond donors (Lipinski definition) is 2. The lowest BCUT2D eigenvalue weighted by atomic mass is 9.97. The maximum Gasteiger partial charge on any atom is 0.253 e. The van der Waals surface area contributed by atoms with Gasteiger partial charge in [-0.05, 0) is 73.6 Å². The molecule has 1 heterocycles. The minimum Gasteiger partial charge on any atom is -0.365 e. The third-order valence-corrected chi connectivity index (χ3v) is 10.4. The molecule has 13 heteroatoms. The average Bonchev–Trinajstić information content (AvgIpc) is 4.07. The zero-order chi connectivity index (χ0) is 37.5. The van der Waals surface area contributed by atoms with Crippen molar-refractivity contribution in [2.75, 3.05) is 17.5 Å². The van der Waals surface area contributed by atoms with Crippen molar-refractivity contribution in [2.24, 2.45) is 5.92 Å². The molecule has 3 aromatic rings. The van der Waals surface area contributed by atoms with Gasteiger partial charge in [0, 0.05) is 17.0 Å². The van der Waals surface area contributed by atoms with Gasteiger partial charge in [0.25, 0.3) is 5.91 Å². The van der Waals surface area contributed by atoms with E-state index in [0.29, 0.717) is 5.02 Å². The number of halogens is 3. The highest BCUT2D eigenvalue weighted by atomic mass is 35.5. The molecule has 3 amide bonds. The Kier molecular flexibility index (Phi) is 17.4. The highest BCUT2D eigenvalue weighted by Gasteiger charge is 2.48. The molecule has 0 radical (unpaired) electrons. The van der Waals surface area contributed by atoms with Gasteiger partial charge in [-0.15, -0.1) is 0 Å². The van der Waals surface area contributed by atoms with Gasteiger partial charge in [-0.1, -0.05) is 93.4 Å². The molecule has 0 spiro atoms. The van der Waals surface area contributed by atoms with Crippen LogP contribution in [0.15, 0.2) is 78.9 Å². The predicted molar refractivity (Wildman–Crippen MR) is 203 cm³/mol. The minimum absolute atomic E-state index is 0.0443. The highest BCUT2D eigenvalue weighted by molar-refractivity contribution is 7.87. The summed E-state index contributed by atoms with van der Waals surface area (Å²) in [4.78, 5) is 39.5. The first-order valence-electron chi connectivity index (χ1n) is 17.5. The lowest BCUT2D eigenvalue weighted by molar-refractivity contribution is -0.167. The van der Waals surface area contributed by atoms with Crippen LogP contribution < -0.4 is 15.2 Å². The molecule has 0 aromatic heterocycles. The van der Waals surface area contributed by atoms with Crippen LogP contribution in [-0.4, -0.2) is 57.4 Å². The molecule has 3 aromatic carbocycles. The number of hydrazine groups is 1. The standard InChI is InChI=1S/C28H32ClFN4O5S.C6H5Cl.2C2H6/c1-17(35)31-32-27(36)14-26-28(37)34(25(16-39-26)19-8-10-20(29)11-9-19)24(18-6-7-18)15-33(40(38)21-12-13-21)23-5-3-2-4-22(23)30;7-6-4-2-1-3-5-6;2*1-2/h2-5,8-11,18,21,24-26H,6-7,12-16H2,1H3,(H,31,35)(H,32,36);1-5H;2*1-2H3. The largest absolute Gasteiger partial charge is 0.365 e. The van der Waals surface area contributed by atoms with Crippen molar-refractivity contribution < 1.29 is 27.7 Å². The van der Waals surface area contributed by atoms with E-state index in [4.69, 9.17) is 27.9 Å². The molecule has 1 saturated heterocycles. The number of hydrogen-bond acceptors (Lipinski definition) is 5. The van der Waals surface area contributed by atoms with Crippen LogP contribution in [0.25, 0.3) is 0 Å². The summed E-state index contributed by atoms with van der Waals surface area (Å²) in [6.07, 6.45) is 2.00. The van der Waals surface area contributed by atoms with Gasteiger partial charge in [-0.3, -0.25) is 29.5 Å². The van der Waals surface area contributed by atoms with Crippen molar-refractivity contribution in [3.63, 3.8) is 0 Å². The molecule has 278 valence electrons. The fourth-order valence-corrected chi connectivity index (χ4v) is 7.25. The summed E-state index contributed by atoms with van der Waals surface area (Å²) in [6.45, 7) is 9.56. The summed E-state index contributed by atoms with van der Waals surface area (Å²) in [5, 5.41) is 1.30. The number of morpholine rings is 1. The van der Waals surface area contributed by atoms with Crippen LogP contribution >= 0.6 is 23.2 Å². The Morgan fingerprint density at radius 1 is 0.902 bits per heavy atom. The van der Waals surface area contributed by atoms with E-state index in [9.17, 15) is 18.6 Å². The predicted octanol–water partition coefficient (Wildman–Crippen LogP) is 7.81. The number of carbonyl (C=O) groups excluding carboxylic acids is 3. The van der Waals surface area contributed by atoms with Crippen LogP contribution in [0, 0.1) is 11.7 Å². The molecule has 4 atom stereocenters. The normalized spacial score (nSPS) is 19.0. The van der Waals surface area contributed by atoms with Crippen LogP contribution in [0.3, 0.4) is 0 Å². The van der Waals surface area contributed by atoms with E-state index < -0.39 is 46.8 Å². The number of amides is 3. The lowest BCUT2D eigenvalue weighted by Gasteiger charge is -2.45. The van der Waals surface area contributed by atoms with Crippen LogP contribution in [0.5, 0.6) is 0 Å². The molecule has 2 saturated carbocycles. The minimum atomic E-state index is -1.47. The zero-order valence-electron chi connectivity index (χ0n) is 29.8. The molecule has 9 nitrogen and oxygen atoms in total. The molecule has 3 aliphatic rings.